The van der Waals surface area contributed by atoms with Gasteiger partial charge in [-0.25, -0.2) is 8.42 Å². The van der Waals surface area contributed by atoms with E-state index in [4.69, 9.17) is 11.6 Å². The topological polar surface area (TPSA) is 46.2 Å². The van der Waals surface area contributed by atoms with Crippen molar-refractivity contribution in [2.24, 2.45) is 5.92 Å². The molecule has 0 bridgehead atoms. The van der Waals surface area contributed by atoms with Crippen molar-refractivity contribution in [3.63, 3.8) is 0 Å². The average Bonchev–Trinajstić information content (AvgIpc) is 2.48. The van der Waals surface area contributed by atoms with E-state index < -0.39 is 9.84 Å². The van der Waals surface area contributed by atoms with Crippen molar-refractivity contribution in [3.8, 4) is 0 Å². The maximum absolute atomic E-state index is 12.5. The van der Waals surface area contributed by atoms with Crippen molar-refractivity contribution in [1.29, 1.82) is 0 Å². The second-order valence-corrected chi connectivity index (χ2v) is 8.46. The lowest BCUT2D eigenvalue weighted by molar-refractivity contribution is 0.292. The molecule has 1 aliphatic carbocycles. The van der Waals surface area contributed by atoms with Crippen molar-refractivity contribution in [2.45, 2.75) is 43.9 Å². The SMILES string of the molecule is CNC(CS(=O)(=O)Cc1ccccc1Cl)C1CCCCC1. The Morgan fingerprint density at radius 3 is 2.52 bits per heavy atom. The Balaban J connectivity index is 2.03. The Bertz CT molecular complexity index is 553. The largest absolute Gasteiger partial charge is 0.316 e. The van der Waals surface area contributed by atoms with Crippen LogP contribution in [0.1, 0.15) is 37.7 Å². The fraction of sp³-hybridized carbons (Fsp3) is 0.625. The van der Waals surface area contributed by atoms with Gasteiger partial charge in [-0.1, -0.05) is 49.1 Å². The van der Waals surface area contributed by atoms with Crippen LogP contribution in [-0.2, 0) is 15.6 Å². The van der Waals surface area contributed by atoms with E-state index in [2.05, 4.69) is 5.32 Å². The smallest absolute Gasteiger partial charge is 0.156 e. The molecule has 0 aromatic heterocycles. The Labute approximate surface area is 133 Å². The molecule has 0 heterocycles. The number of hydrogen-bond acceptors (Lipinski definition) is 3. The Morgan fingerprint density at radius 1 is 1.24 bits per heavy atom. The van der Waals surface area contributed by atoms with Gasteiger partial charge in [0.1, 0.15) is 0 Å². The molecule has 118 valence electrons. The quantitative estimate of drug-likeness (QED) is 0.869. The molecule has 1 aromatic rings. The summed E-state index contributed by atoms with van der Waals surface area (Å²) in [6.45, 7) is 0. The van der Waals surface area contributed by atoms with Crippen LogP contribution in [-0.4, -0.2) is 27.3 Å². The van der Waals surface area contributed by atoms with Gasteiger partial charge in [0, 0.05) is 11.1 Å². The summed E-state index contributed by atoms with van der Waals surface area (Å²) in [5.41, 5.74) is 0.692. The molecule has 21 heavy (non-hydrogen) atoms. The number of rotatable bonds is 6. The normalized spacial score (nSPS) is 18.6. The van der Waals surface area contributed by atoms with Crippen LogP contribution in [0, 0.1) is 5.92 Å². The molecule has 2 rings (SSSR count). The molecule has 0 aliphatic heterocycles. The van der Waals surface area contributed by atoms with Gasteiger partial charge in [0.2, 0.25) is 0 Å². The minimum Gasteiger partial charge on any atom is -0.316 e. The Morgan fingerprint density at radius 2 is 1.90 bits per heavy atom. The molecule has 0 saturated heterocycles. The third-order valence-electron chi connectivity index (χ3n) is 4.36. The van der Waals surface area contributed by atoms with Crippen LogP contribution in [0.25, 0.3) is 0 Å². The van der Waals surface area contributed by atoms with Crippen molar-refractivity contribution in [3.05, 3.63) is 34.9 Å². The fourth-order valence-electron chi connectivity index (χ4n) is 3.18. The summed E-state index contributed by atoms with van der Waals surface area (Å²) in [7, 11) is -1.30. The minimum absolute atomic E-state index is 0.0254. The van der Waals surface area contributed by atoms with Gasteiger partial charge >= 0.3 is 0 Å². The third kappa shape index (κ3) is 4.97. The van der Waals surface area contributed by atoms with Gasteiger partial charge in [0.25, 0.3) is 0 Å². The van der Waals surface area contributed by atoms with Crippen LogP contribution in [0.2, 0.25) is 5.02 Å². The van der Waals surface area contributed by atoms with E-state index in [-0.39, 0.29) is 17.5 Å². The van der Waals surface area contributed by atoms with E-state index in [9.17, 15) is 8.42 Å². The van der Waals surface area contributed by atoms with Gasteiger partial charge in [-0.2, -0.15) is 0 Å². The highest BCUT2D eigenvalue weighted by Gasteiger charge is 2.27. The highest BCUT2D eigenvalue weighted by Crippen LogP contribution is 2.28. The molecule has 1 aromatic carbocycles. The van der Waals surface area contributed by atoms with E-state index in [1.807, 2.05) is 19.2 Å². The standard InChI is InChI=1S/C16H24ClNO2S/c1-18-16(13-7-3-2-4-8-13)12-21(19,20)11-14-9-5-6-10-15(14)17/h5-6,9-10,13,16,18H,2-4,7-8,11-12H2,1H3. The molecule has 1 saturated carbocycles. The lowest BCUT2D eigenvalue weighted by Gasteiger charge is -2.29. The maximum Gasteiger partial charge on any atom is 0.156 e. The molecule has 0 spiro atoms. The fourth-order valence-corrected chi connectivity index (χ4v) is 5.29. The summed E-state index contributed by atoms with van der Waals surface area (Å²) in [6.07, 6.45) is 5.97. The molecule has 5 heteroatoms. The molecule has 1 unspecified atom stereocenters. The number of nitrogens with one attached hydrogen (secondary N) is 1. The first-order valence-electron chi connectivity index (χ1n) is 7.63. The van der Waals surface area contributed by atoms with Crippen molar-refractivity contribution in [1.82, 2.24) is 5.32 Å². The van der Waals surface area contributed by atoms with Gasteiger partial charge in [-0.05, 0) is 37.4 Å². The first-order chi connectivity index (χ1) is 10.0. The van der Waals surface area contributed by atoms with Crippen LogP contribution in [0.5, 0.6) is 0 Å². The van der Waals surface area contributed by atoms with Crippen LogP contribution in [0.4, 0.5) is 0 Å². The van der Waals surface area contributed by atoms with Crippen LogP contribution in [0.3, 0.4) is 0 Å². The van der Waals surface area contributed by atoms with Crippen molar-refractivity contribution < 1.29 is 8.42 Å². The van der Waals surface area contributed by atoms with Crippen LogP contribution < -0.4 is 5.32 Å². The highest BCUT2D eigenvalue weighted by atomic mass is 35.5. The van der Waals surface area contributed by atoms with Gasteiger partial charge in [-0.15, -0.1) is 0 Å². The lowest BCUT2D eigenvalue weighted by Crippen LogP contribution is -2.40. The second kappa shape index (κ2) is 7.61. The number of hydrogen-bond donors (Lipinski definition) is 1. The van der Waals surface area contributed by atoms with E-state index in [0.29, 0.717) is 16.5 Å². The molecule has 1 N–H and O–H groups in total. The summed E-state index contributed by atoms with van der Waals surface area (Å²) < 4.78 is 24.9. The first-order valence-corrected chi connectivity index (χ1v) is 9.83. The molecule has 0 radical (unpaired) electrons. The zero-order valence-electron chi connectivity index (χ0n) is 12.5. The summed E-state index contributed by atoms with van der Waals surface area (Å²) in [5.74, 6) is 0.696. The summed E-state index contributed by atoms with van der Waals surface area (Å²) >= 11 is 6.07. The summed E-state index contributed by atoms with van der Waals surface area (Å²) in [5, 5.41) is 3.74. The number of sulfone groups is 1. The van der Waals surface area contributed by atoms with Crippen molar-refractivity contribution >= 4 is 21.4 Å². The van der Waals surface area contributed by atoms with Crippen LogP contribution in [0.15, 0.2) is 24.3 Å². The molecule has 1 aliphatic rings. The number of halogens is 1. The monoisotopic (exact) mass is 329 g/mol. The van der Waals surface area contributed by atoms with Gasteiger partial charge in [-0.3, -0.25) is 0 Å². The molecule has 1 fully saturated rings. The Kier molecular flexibility index (Phi) is 6.08. The minimum atomic E-state index is -3.16. The molecule has 1 atom stereocenters. The predicted molar refractivity (Wildman–Crippen MR) is 88.4 cm³/mol. The molecule has 0 amide bonds. The lowest BCUT2D eigenvalue weighted by atomic mass is 9.84. The Hall–Kier alpha value is -0.580. The molecular formula is C16H24ClNO2S. The van der Waals surface area contributed by atoms with Gasteiger partial charge in [0.15, 0.2) is 9.84 Å². The predicted octanol–water partition coefficient (Wildman–Crippen LogP) is 3.42. The zero-order valence-corrected chi connectivity index (χ0v) is 14.1. The highest BCUT2D eigenvalue weighted by molar-refractivity contribution is 7.90. The molecule has 3 nitrogen and oxygen atoms in total. The van der Waals surface area contributed by atoms with Crippen LogP contribution >= 0.6 is 11.6 Å². The van der Waals surface area contributed by atoms with Gasteiger partial charge in [0.05, 0.1) is 11.5 Å². The average molecular weight is 330 g/mol. The third-order valence-corrected chi connectivity index (χ3v) is 6.34. The second-order valence-electron chi connectivity index (χ2n) is 5.94. The maximum atomic E-state index is 12.5. The van der Waals surface area contributed by atoms with E-state index in [1.54, 1.807) is 12.1 Å². The van der Waals surface area contributed by atoms with E-state index in [1.165, 1.54) is 19.3 Å². The van der Waals surface area contributed by atoms with E-state index in [0.717, 1.165) is 12.8 Å². The summed E-state index contributed by atoms with van der Waals surface area (Å²) in [4.78, 5) is 0. The van der Waals surface area contributed by atoms with Gasteiger partial charge < -0.3 is 5.32 Å². The number of benzene rings is 1. The first kappa shape index (κ1) is 16.8. The molecular weight excluding hydrogens is 306 g/mol. The van der Waals surface area contributed by atoms with E-state index >= 15 is 0 Å². The van der Waals surface area contributed by atoms with Crippen molar-refractivity contribution in [2.75, 3.05) is 12.8 Å². The zero-order chi connectivity index (χ0) is 15.3. The summed E-state index contributed by atoms with van der Waals surface area (Å²) in [6, 6.07) is 7.22.